The molecule has 4 aromatic rings. The molecule has 0 bridgehead atoms. The molecule has 0 aromatic heterocycles. The normalized spacial score (nSPS) is 10.1. The summed E-state index contributed by atoms with van der Waals surface area (Å²) >= 11 is 0. The van der Waals surface area contributed by atoms with Crippen LogP contribution < -0.4 is 113 Å². The van der Waals surface area contributed by atoms with E-state index in [9.17, 15) is 30.0 Å². The van der Waals surface area contributed by atoms with Crippen molar-refractivity contribution in [1.82, 2.24) is 0 Å². The van der Waals surface area contributed by atoms with Crippen LogP contribution in [-0.4, -0.2) is 32.4 Å². The van der Waals surface area contributed by atoms with Crippen LogP contribution in [0.3, 0.4) is 0 Å². The molecule has 0 unspecified atom stereocenters. The largest absolute Gasteiger partial charge is 1.00 e. The molecule has 0 saturated heterocycles. The first kappa shape index (κ1) is 32.8. The molecule has 4 rings (SSSR count). The number of benzene rings is 4. The van der Waals surface area contributed by atoms with Crippen LogP contribution in [0.2, 0.25) is 0 Å². The molecule has 0 aliphatic heterocycles. The summed E-state index contributed by atoms with van der Waals surface area (Å²) in [5.74, 6) is -4.13. The van der Waals surface area contributed by atoms with Crippen molar-refractivity contribution in [2.24, 2.45) is 0 Å². The molecule has 0 atom stereocenters. The topological polar surface area (TPSA) is 161 Å². The van der Waals surface area contributed by atoms with Crippen molar-refractivity contribution in [1.29, 1.82) is 0 Å². The van der Waals surface area contributed by atoms with Gasteiger partial charge in [0.05, 0.1) is 11.1 Å². The van der Waals surface area contributed by atoms with Crippen LogP contribution in [0, 0.1) is 0 Å². The van der Waals surface area contributed by atoms with E-state index in [1.165, 1.54) is 0 Å². The van der Waals surface area contributed by atoms with Gasteiger partial charge in [-0.3, -0.25) is 0 Å². The third-order valence-electron chi connectivity index (χ3n) is 5.54. The number of aromatic hydroxyl groups is 2. The first-order valence-corrected chi connectivity index (χ1v) is 10.5. The van der Waals surface area contributed by atoms with Gasteiger partial charge in [-0.25, -0.2) is 9.59 Å². The van der Waals surface area contributed by atoms with E-state index in [2.05, 4.69) is 0 Å². The van der Waals surface area contributed by atoms with Crippen LogP contribution in [0.5, 0.6) is 23.0 Å². The zero-order chi connectivity index (χ0) is 25.2. The van der Waals surface area contributed by atoms with Gasteiger partial charge in [-0.2, -0.15) is 0 Å². The summed E-state index contributed by atoms with van der Waals surface area (Å²) in [4.78, 5) is 21.7. The van der Waals surface area contributed by atoms with E-state index in [-0.39, 0.29) is 125 Å². The molecule has 176 valence electrons. The van der Waals surface area contributed by atoms with Crippen molar-refractivity contribution in [3.63, 3.8) is 0 Å². The monoisotopic (exact) mass is 540 g/mol. The number of aryl methyl sites for hydroxylation is 2. The van der Waals surface area contributed by atoms with E-state index >= 15 is 0 Å². The quantitative estimate of drug-likeness (QED) is 0.212. The van der Waals surface area contributed by atoms with Crippen LogP contribution in [0.1, 0.15) is 45.7 Å². The summed E-state index contributed by atoms with van der Waals surface area (Å²) in [6.45, 7) is 3.92. The fourth-order valence-corrected chi connectivity index (χ4v) is 3.61. The number of phenolic OH excluding ortho intramolecular Hbond substituents is 2. The SMILES string of the molecule is CCc1ccc2c([O-])c(C(=O)O)cc(O)c2c1.CCc1ccc2c([O-])c(C(=O)O)cc(O)c2c1.[K+].[K+]. The third kappa shape index (κ3) is 7.01. The molecule has 8 nitrogen and oxygen atoms in total. The summed E-state index contributed by atoms with van der Waals surface area (Å²) in [6.07, 6.45) is 1.56. The van der Waals surface area contributed by atoms with E-state index in [0.29, 0.717) is 10.8 Å². The molecule has 0 saturated carbocycles. The molecule has 0 radical (unpaired) electrons. The molecule has 0 heterocycles. The summed E-state index contributed by atoms with van der Waals surface area (Å²) in [5, 5.41) is 62.1. The van der Waals surface area contributed by atoms with Crippen LogP contribution in [0.4, 0.5) is 0 Å². The van der Waals surface area contributed by atoms with E-state index in [1.54, 1.807) is 36.4 Å². The Kier molecular flexibility index (Phi) is 12.9. The average molecular weight is 541 g/mol. The van der Waals surface area contributed by atoms with Gasteiger partial charge in [0.2, 0.25) is 0 Å². The van der Waals surface area contributed by atoms with Gasteiger partial charge in [-0.1, -0.05) is 49.6 Å². The fraction of sp³-hybridized carbons (Fsp3) is 0.154. The molecule has 0 spiro atoms. The smallest absolute Gasteiger partial charge is 0.871 e. The van der Waals surface area contributed by atoms with Gasteiger partial charge >= 0.3 is 115 Å². The number of aromatic carboxylic acids is 2. The number of carbonyl (C=O) groups is 2. The van der Waals surface area contributed by atoms with E-state index in [0.717, 1.165) is 36.1 Å². The van der Waals surface area contributed by atoms with E-state index in [4.69, 9.17) is 10.2 Å². The summed E-state index contributed by atoms with van der Waals surface area (Å²) < 4.78 is 0. The summed E-state index contributed by atoms with van der Waals surface area (Å²) in [5.41, 5.74) is 1.16. The average Bonchev–Trinajstić information content (AvgIpc) is 2.83. The zero-order valence-corrected chi connectivity index (χ0v) is 26.7. The number of rotatable bonds is 4. The molecular weight excluding hydrogens is 518 g/mol. The molecular formula is C26H22K2O8. The second-order valence-corrected chi connectivity index (χ2v) is 7.62. The molecule has 4 N–H and O–H groups in total. The van der Waals surface area contributed by atoms with Crippen molar-refractivity contribution in [3.8, 4) is 23.0 Å². The van der Waals surface area contributed by atoms with Crippen molar-refractivity contribution in [3.05, 3.63) is 70.8 Å². The summed E-state index contributed by atoms with van der Waals surface area (Å²) in [6, 6.07) is 12.1. The molecule has 10 heteroatoms. The molecule has 0 aliphatic carbocycles. The maximum atomic E-state index is 11.8. The number of hydrogen-bond acceptors (Lipinski definition) is 6. The Hall–Kier alpha value is -1.19. The maximum absolute atomic E-state index is 11.8. The third-order valence-corrected chi connectivity index (χ3v) is 5.54. The van der Waals surface area contributed by atoms with Crippen molar-refractivity contribution < 1.29 is 143 Å². The predicted octanol–water partition coefficient (Wildman–Crippen LogP) is -2.23. The van der Waals surface area contributed by atoms with Gasteiger partial charge in [0.25, 0.3) is 0 Å². The number of carboxylic acid groups (broad SMARTS) is 2. The van der Waals surface area contributed by atoms with Crippen molar-refractivity contribution in [2.75, 3.05) is 0 Å². The summed E-state index contributed by atoms with van der Waals surface area (Å²) in [7, 11) is 0. The van der Waals surface area contributed by atoms with Crippen molar-refractivity contribution >= 4 is 33.5 Å². The second kappa shape index (κ2) is 14.1. The minimum atomic E-state index is -1.33. The van der Waals surface area contributed by atoms with E-state index in [1.807, 2.05) is 13.8 Å². The van der Waals surface area contributed by atoms with Crippen LogP contribution in [0.25, 0.3) is 21.5 Å². The Bertz CT molecular complexity index is 1320. The molecule has 4 aromatic carbocycles. The molecule has 0 amide bonds. The van der Waals surface area contributed by atoms with Gasteiger partial charge in [0, 0.05) is 10.8 Å². The zero-order valence-electron chi connectivity index (χ0n) is 20.5. The van der Waals surface area contributed by atoms with Crippen molar-refractivity contribution in [2.45, 2.75) is 26.7 Å². The maximum Gasteiger partial charge on any atom is 1.00 e. The van der Waals surface area contributed by atoms with Gasteiger partial charge in [-0.05, 0) is 59.0 Å². The van der Waals surface area contributed by atoms with Crippen LogP contribution in [0.15, 0.2) is 48.5 Å². The Morgan fingerprint density at radius 2 is 0.972 bits per heavy atom. The second-order valence-electron chi connectivity index (χ2n) is 7.62. The minimum Gasteiger partial charge on any atom is -0.871 e. The van der Waals surface area contributed by atoms with Crippen LogP contribution >= 0.6 is 0 Å². The van der Waals surface area contributed by atoms with Gasteiger partial charge in [0.1, 0.15) is 11.5 Å². The standard InChI is InChI=1S/2C13H12O4.2K/c2*1-2-7-3-4-8-9(5-7)11(14)6-10(12(8)15)13(16)17;;/h2*3-6,14-15H,2H2,1H3,(H,16,17);;/q;;2*+1/p-2. The minimum absolute atomic E-state index is 0. The first-order chi connectivity index (χ1) is 16.1. The van der Waals surface area contributed by atoms with Gasteiger partial charge in [0.15, 0.2) is 0 Å². The van der Waals surface area contributed by atoms with Crippen LogP contribution in [-0.2, 0) is 12.8 Å². The Morgan fingerprint density at radius 1 is 0.639 bits per heavy atom. The Morgan fingerprint density at radius 3 is 1.25 bits per heavy atom. The Labute approximate surface area is 292 Å². The van der Waals surface area contributed by atoms with E-state index < -0.39 is 34.6 Å². The number of phenols is 2. The molecule has 36 heavy (non-hydrogen) atoms. The fourth-order valence-electron chi connectivity index (χ4n) is 3.61. The number of fused-ring (bicyclic) bond motifs is 2. The number of carboxylic acids is 2. The molecule has 0 fully saturated rings. The Balaban J connectivity index is 0.000000341. The predicted molar refractivity (Wildman–Crippen MR) is 123 cm³/mol. The number of hydrogen-bond donors (Lipinski definition) is 4. The van der Waals surface area contributed by atoms with Gasteiger partial charge in [-0.15, -0.1) is 0 Å². The first-order valence-electron chi connectivity index (χ1n) is 10.5. The molecule has 0 aliphatic rings. The van der Waals surface area contributed by atoms with Gasteiger partial charge < -0.3 is 30.6 Å².